The molecule has 2 rings (SSSR count). The molecule has 1 unspecified atom stereocenters. The molecule has 0 aliphatic carbocycles. The highest BCUT2D eigenvalue weighted by molar-refractivity contribution is 8.15. The monoisotopic (exact) mass is 262 g/mol. The summed E-state index contributed by atoms with van der Waals surface area (Å²) in [6, 6.07) is 8.24. The molecule has 1 aromatic carbocycles. The normalized spacial score (nSPS) is 21.3. The average Bonchev–Trinajstić information content (AvgIpc) is 2.67. The Morgan fingerprint density at radius 1 is 1.33 bits per heavy atom. The van der Waals surface area contributed by atoms with E-state index in [1.54, 1.807) is 0 Å². The summed E-state index contributed by atoms with van der Waals surface area (Å²) in [6.07, 6.45) is 3.55. The van der Waals surface area contributed by atoms with Gasteiger partial charge in [-0.05, 0) is 37.5 Å². The van der Waals surface area contributed by atoms with Crippen LogP contribution in [-0.4, -0.2) is 16.3 Å². The van der Waals surface area contributed by atoms with E-state index in [0.717, 1.165) is 12.1 Å². The molecule has 0 spiro atoms. The SMILES string of the molecule is CCCCc1ccc(N=C2NC(=O)C(C)S2)cc1. The van der Waals surface area contributed by atoms with E-state index in [4.69, 9.17) is 0 Å². The number of benzene rings is 1. The van der Waals surface area contributed by atoms with E-state index in [1.807, 2.05) is 19.1 Å². The van der Waals surface area contributed by atoms with Gasteiger partial charge in [0.05, 0.1) is 10.9 Å². The van der Waals surface area contributed by atoms with Gasteiger partial charge in [-0.2, -0.15) is 0 Å². The summed E-state index contributed by atoms with van der Waals surface area (Å²) in [5.41, 5.74) is 2.24. The van der Waals surface area contributed by atoms with Crippen molar-refractivity contribution >= 4 is 28.5 Å². The van der Waals surface area contributed by atoms with Gasteiger partial charge >= 0.3 is 0 Å². The third kappa shape index (κ3) is 3.35. The van der Waals surface area contributed by atoms with Crippen molar-refractivity contribution in [3.05, 3.63) is 29.8 Å². The van der Waals surface area contributed by atoms with E-state index in [9.17, 15) is 4.79 Å². The summed E-state index contributed by atoms with van der Waals surface area (Å²) in [5.74, 6) is 0.0401. The molecule has 96 valence electrons. The molecule has 1 aromatic rings. The fourth-order valence-electron chi connectivity index (χ4n) is 1.75. The second kappa shape index (κ2) is 6.05. The molecule has 0 saturated carbocycles. The number of hydrogen-bond acceptors (Lipinski definition) is 3. The van der Waals surface area contributed by atoms with E-state index in [1.165, 1.54) is 30.2 Å². The summed E-state index contributed by atoms with van der Waals surface area (Å²) in [4.78, 5) is 15.8. The number of thioether (sulfide) groups is 1. The molecule has 1 N–H and O–H groups in total. The van der Waals surface area contributed by atoms with Crippen molar-refractivity contribution < 1.29 is 4.79 Å². The molecule has 1 heterocycles. The number of rotatable bonds is 4. The zero-order valence-corrected chi connectivity index (χ0v) is 11.6. The van der Waals surface area contributed by atoms with Gasteiger partial charge in [0.15, 0.2) is 5.17 Å². The van der Waals surface area contributed by atoms with Crippen LogP contribution in [0.1, 0.15) is 32.3 Å². The van der Waals surface area contributed by atoms with Gasteiger partial charge in [-0.1, -0.05) is 37.2 Å². The van der Waals surface area contributed by atoms with Crippen molar-refractivity contribution in [3.8, 4) is 0 Å². The number of carbonyl (C=O) groups excluding carboxylic acids is 1. The Bertz CT molecular complexity index is 453. The van der Waals surface area contributed by atoms with Crippen LogP contribution in [-0.2, 0) is 11.2 Å². The Morgan fingerprint density at radius 2 is 2.06 bits per heavy atom. The number of nitrogens with zero attached hydrogens (tertiary/aromatic N) is 1. The lowest BCUT2D eigenvalue weighted by Gasteiger charge is -2.01. The topological polar surface area (TPSA) is 41.5 Å². The van der Waals surface area contributed by atoms with Crippen LogP contribution in [0.4, 0.5) is 5.69 Å². The lowest BCUT2D eigenvalue weighted by Crippen LogP contribution is -2.23. The molecule has 0 bridgehead atoms. The van der Waals surface area contributed by atoms with Gasteiger partial charge in [0.1, 0.15) is 0 Å². The molecule has 1 fully saturated rings. The van der Waals surface area contributed by atoms with E-state index >= 15 is 0 Å². The first kappa shape index (κ1) is 13.1. The second-order valence-electron chi connectivity index (χ2n) is 4.44. The Morgan fingerprint density at radius 3 is 2.61 bits per heavy atom. The number of hydrogen-bond donors (Lipinski definition) is 1. The molecule has 1 aliphatic heterocycles. The van der Waals surface area contributed by atoms with Crippen LogP contribution in [0, 0.1) is 0 Å². The Hall–Kier alpha value is -1.29. The molecule has 1 amide bonds. The molecule has 1 aliphatic rings. The minimum Gasteiger partial charge on any atom is -0.304 e. The number of aliphatic imine (C=N–C) groups is 1. The van der Waals surface area contributed by atoms with Gasteiger partial charge in [-0.3, -0.25) is 4.79 Å². The molecule has 3 nitrogen and oxygen atoms in total. The largest absolute Gasteiger partial charge is 0.304 e. The highest BCUT2D eigenvalue weighted by Crippen LogP contribution is 2.22. The van der Waals surface area contributed by atoms with Gasteiger partial charge < -0.3 is 5.32 Å². The second-order valence-corrected chi connectivity index (χ2v) is 5.77. The number of aryl methyl sites for hydroxylation is 1. The van der Waals surface area contributed by atoms with Crippen LogP contribution < -0.4 is 5.32 Å². The predicted molar refractivity (Wildman–Crippen MR) is 77.3 cm³/mol. The maximum Gasteiger partial charge on any atom is 0.239 e. The van der Waals surface area contributed by atoms with Gasteiger partial charge in [-0.25, -0.2) is 4.99 Å². The molecular weight excluding hydrogens is 244 g/mol. The van der Waals surface area contributed by atoms with Crippen molar-refractivity contribution in [2.24, 2.45) is 4.99 Å². The van der Waals surface area contributed by atoms with Gasteiger partial charge in [0, 0.05) is 0 Å². The van der Waals surface area contributed by atoms with Crippen molar-refractivity contribution in [2.45, 2.75) is 38.4 Å². The molecule has 4 heteroatoms. The minimum absolute atomic E-state index is 0.0347. The van der Waals surface area contributed by atoms with Crippen LogP contribution in [0.2, 0.25) is 0 Å². The average molecular weight is 262 g/mol. The third-order valence-electron chi connectivity index (χ3n) is 2.87. The number of nitrogens with one attached hydrogen (secondary N) is 1. The maximum absolute atomic E-state index is 11.3. The van der Waals surface area contributed by atoms with Crippen molar-refractivity contribution in [3.63, 3.8) is 0 Å². The maximum atomic E-state index is 11.3. The number of amidine groups is 1. The molecule has 1 atom stereocenters. The molecule has 1 saturated heterocycles. The lowest BCUT2D eigenvalue weighted by atomic mass is 10.1. The molecular formula is C14H18N2OS. The predicted octanol–water partition coefficient (Wildman–Crippen LogP) is 3.27. The quantitative estimate of drug-likeness (QED) is 0.904. The fourth-order valence-corrected chi connectivity index (χ4v) is 2.57. The van der Waals surface area contributed by atoms with Gasteiger partial charge in [0.2, 0.25) is 5.91 Å². The number of unbranched alkanes of at least 4 members (excludes halogenated alkanes) is 1. The van der Waals surface area contributed by atoms with Crippen molar-refractivity contribution in [1.82, 2.24) is 5.32 Å². The van der Waals surface area contributed by atoms with Crippen LogP contribution in [0.25, 0.3) is 0 Å². The zero-order valence-electron chi connectivity index (χ0n) is 10.8. The lowest BCUT2D eigenvalue weighted by molar-refractivity contribution is -0.118. The highest BCUT2D eigenvalue weighted by Gasteiger charge is 2.25. The van der Waals surface area contributed by atoms with Gasteiger partial charge in [-0.15, -0.1) is 0 Å². The van der Waals surface area contributed by atoms with E-state index in [0.29, 0.717) is 5.17 Å². The summed E-state index contributed by atoms with van der Waals surface area (Å²) < 4.78 is 0. The molecule has 0 aromatic heterocycles. The summed E-state index contributed by atoms with van der Waals surface area (Å²) in [6.45, 7) is 4.08. The van der Waals surface area contributed by atoms with Crippen LogP contribution in [0.3, 0.4) is 0 Å². The smallest absolute Gasteiger partial charge is 0.239 e. The van der Waals surface area contributed by atoms with E-state index in [2.05, 4.69) is 29.4 Å². The summed E-state index contributed by atoms with van der Waals surface area (Å²) in [5, 5.41) is 3.44. The summed E-state index contributed by atoms with van der Waals surface area (Å²) >= 11 is 1.48. The highest BCUT2D eigenvalue weighted by atomic mass is 32.2. The van der Waals surface area contributed by atoms with Crippen molar-refractivity contribution in [2.75, 3.05) is 0 Å². The van der Waals surface area contributed by atoms with Gasteiger partial charge in [0.25, 0.3) is 0 Å². The molecule has 18 heavy (non-hydrogen) atoms. The standard InChI is InChI=1S/C14H18N2OS/c1-3-4-5-11-6-8-12(9-7-11)15-14-16-13(17)10(2)18-14/h6-10H,3-5H2,1-2H3,(H,15,16,17). The minimum atomic E-state index is -0.0347. The first-order valence-electron chi connectivity index (χ1n) is 6.34. The fraction of sp³-hybridized carbons (Fsp3) is 0.429. The van der Waals surface area contributed by atoms with E-state index in [-0.39, 0.29) is 11.2 Å². The van der Waals surface area contributed by atoms with Crippen LogP contribution in [0.15, 0.2) is 29.3 Å². The zero-order chi connectivity index (χ0) is 13.0. The van der Waals surface area contributed by atoms with Crippen LogP contribution in [0.5, 0.6) is 0 Å². The van der Waals surface area contributed by atoms with Crippen LogP contribution >= 0.6 is 11.8 Å². The summed E-state index contributed by atoms with van der Waals surface area (Å²) in [7, 11) is 0. The van der Waals surface area contributed by atoms with Crippen molar-refractivity contribution in [1.29, 1.82) is 0 Å². The third-order valence-corrected chi connectivity index (χ3v) is 3.86. The Kier molecular flexibility index (Phi) is 4.42. The Labute approximate surface area is 112 Å². The number of amides is 1. The first-order chi connectivity index (χ1) is 8.69. The Balaban J connectivity index is 2.02. The molecule has 0 radical (unpaired) electrons. The first-order valence-corrected chi connectivity index (χ1v) is 7.22. The van der Waals surface area contributed by atoms with E-state index < -0.39 is 0 Å². The number of carbonyl (C=O) groups is 1.